The van der Waals surface area contributed by atoms with Crippen LogP contribution in [0.1, 0.15) is 36.7 Å². The monoisotopic (exact) mass is 487 g/mol. The molecule has 1 aliphatic heterocycles. The molecule has 3 amide bonds. The number of carbonyl (C=O) groups excluding carboxylic acids is 2. The van der Waals surface area contributed by atoms with Crippen LogP contribution in [0.2, 0.25) is 0 Å². The Bertz CT molecular complexity index is 1250. The molecule has 3 aromatic rings. The lowest BCUT2D eigenvalue weighted by atomic mass is 10.0. The molecular weight excluding hydrogens is 454 g/mol. The molecule has 9 heteroatoms. The minimum Gasteiger partial charge on any atom is -0.338 e. The Morgan fingerprint density at radius 1 is 1.17 bits per heavy atom. The van der Waals surface area contributed by atoms with Gasteiger partial charge in [0, 0.05) is 23.5 Å². The zero-order valence-corrected chi connectivity index (χ0v) is 21.1. The molecule has 2 aromatic carbocycles. The second-order valence-corrected chi connectivity index (χ2v) is 9.65. The predicted octanol–water partition coefficient (Wildman–Crippen LogP) is 4.34. The van der Waals surface area contributed by atoms with Crippen LogP contribution in [0.3, 0.4) is 0 Å². The van der Waals surface area contributed by atoms with E-state index in [1.807, 2.05) is 81.4 Å². The number of anilines is 3. The van der Waals surface area contributed by atoms with Crippen LogP contribution < -0.4 is 16.0 Å². The van der Waals surface area contributed by atoms with Gasteiger partial charge < -0.3 is 25.8 Å². The minimum absolute atomic E-state index is 0.139. The topological polar surface area (TPSA) is 105 Å². The number of aromatic nitrogens is 2. The van der Waals surface area contributed by atoms with Gasteiger partial charge in [0.1, 0.15) is 0 Å². The maximum absolute atomic E-state index is 13.5. The SMILES string of the molecule is C=CC(=O)Nc1cccc(Nc2n[nH]c3c2CN(C(=O)NC(CN(C)C)c2ccccc2)C3(C)C)c1. The van der Waals surface area contributed by atoms with Crippen molar-refractivity contribution in [2.45, 2.75) is 32.0 Å². The highest BCUT2D eigenvalue weighted by atomic mass is 16.2. The summed E-state index contributed by atoms with van der Waals surface area (Å²) in [5.41, 5.74) is 3.71. The molecule has 36 heavy (non-hydrogen) atoms. The number of urea groups is 1. The number of nitrogens with one attached hydrogen (secondary N) is 4. The molecule has 0 saturated carbocycles. The summed E-state index contributed by atoms with van der Waals surface area (Å²) in [6.07, 6.45) is 1.23. The summed E-state index contributed by atoms with van der Waals surface area (Å²) in [5, 5.41) is 16.9. The maximum atomic E-state index is 13.5. The Morgan fingerprint density at radius 2 is 1.89 bits per heavy atom. The fourth-order valence-electron chi connectivity index (χ4n) is 4.46. The van der Waals surface area contributed by atoms with E-state index in [1.54, 1.807) is 6.07 Å². The lowest BCUT2D eigenvalue weighted by molar-refractivity contribution is -0.111. The van der Waals surface area contributed by atoms with E-state index in [2.05, 4.69) is 37.6 Å². The van der Waals surface area contributed by atoms with Gasteiger partial charge in [-0.2, -0.15) is 5.10 Å². The van der Waals surface area contributed by atoms with Gasteiger partial charge in [-0.3, -0.25) is 9.89 Å². The highest BCUT2D eigenvalue weighted by Gasteiger charge is 2.44. The van der Waals surface area contributed by atoms with Crippen molar-refractivity contribution in [3.8, 4) is 0 Å². The Labute approximate surface area is 211 Å². The Balaban J connectivity index is 1.52. The third kappa shape index (κ3) is 5.26. The number of rotatable bonds is 8. The maximum Gasteiger partial charge on any atom is 0.319 e. The fraction of sp³-hybridized carbons (Fsp3) is 0.296. The second kappa shape index (κ2) is 10.2. The summed E-state index contributed by atoms with van der Waals surface area (Å²) in [6.45, 7) is 8.59. The van der Waals surface area contributed by atoms with Crippen molar-refractivity contribution >= 4 is 29.1 Å². The van der Waals surface area contributed by atoms with Crippen LogP contribution >= 0.6 is 0 Å². The van der Waals surface area contributed by atoms with Crippen molar-refractivity contribution in [3.05, 3.63) is 84.1 Å². The highest BCUT2D eigenvalue weighted by molar-refractivity contribution is 5.99. The van der Waals surface area contributed by atoms with Crippen LogP contribution in [-0.4, -0.2) is 52.6 Å². The van der Waals surface area contributed by atoms with Crippen LogP contribution in [0.5, 0.6) is 0 Å². The molecule has 0 saturated heterocycles. The van der Waals surface area contributed by atoms with Crippen LogP contribution in [0.25, 0.3) is 0 Å². The average molecular weight is 488 g/mol. The third-order valence-corrected chi connectivity index (χ3v) is 6.34. The van der Waals surface area contributed by atoms with Gasteiger partial charge in [-0.15, -0.1) is 0 Å². The third-order valence-electron chi connectivity index (χ3n) is 6.34. The first-order valence-corrected chi connectivity index (χ1v) is 11.8. The van der Waals surface area contributed by atoms with Crippen LogP contribution in [0.4, 0.5) is 22.0 Å². The molecule has 0 bridgehead atoms. The van der Waals surface area contributed by atoms with Gasteiger partial charge in [0.05, 0.1) is 23.8 Å². The van der Waals surface area contributed by atoms with Gasteiger partial charge in [0.25, 0.3) is 0 Å². The molecule has 0 spiro atoms. The number of hydrogen-bond donors (Lipinski definition) is 4. The molecule has 0 aliphatic carbocycles. The molecule has 0 radical (unpaired) electrons. The summed E-state index contributed by atoms with van der Waals surface area (Å²) in [6, 6.07) is 17.1. The first-order valence-electron chi connectivity index (χ1n) is 11.8. The van der Waals surface area contributed by atoms with Crippen LogP contribution in [0, 0.1) is 0 Å². The van der Waals surface area contributed by atoms with E-state index in [9.17, 15) is 9.59 Å². The number of benzene rings is 2. The Morgan fingerprint density at radius 3 is 2.58 bits per heavy atom. The molecule has 1 unspecified atom stereocenters. The number of H-pyrrole nitrogens is 1. The summed E-state index contributed by atoms with van der Waals surface area (Å²) >= 11 is 0. The zero-order valence-electron chi connectivity index (χ0n) is 21.1. The summed E-state index contributed by atoms with van der Waals surface area (Å²) in [5.74, 6) is 0.368. The molecular formula is C27H33N7O2. The average Bonchev–Trinajstić information content (AvgIpc) is 3.36. The van der Waals surface area contributed by atoms with Gasteiger partial charge in [-0.05, 0) is 57.8 Å². The first kappa shape index (κ1) is 25.0. The van der Waals surface area contributed by atoms with Crippen molar-refractivity contribution in [1.29, 1.82) is 0 Å². The number of likely N-dealkylation sites (N-methyl/N-ethyl adjacent to an activating group) is 1. The van der Waals surface area contributed by atoms with E-state index in [0.29, 0.717) is 24.6 Å². The van der Waals surface area contributed by atoms with Gasteiger partial charge in [-0.1, -0.05) is 43.0 Å². The fourth-order valence-corrected chi connectivity index (χ4v) is 4.46. The van der Waals surface area contributed by atoms with Crippen molar-refractivity contribution < 1.29 is 9.59 Å². The molecule has 0 fully saturated rings. The van der Waals surface area contributed by atoms with E-state index in [0.717, 1.165) is 22.5 Å². The van der Waals surface area contributed by atoms with Crippen molar-refractivity contribution in [3.63, 3.8) is 0 Å². The molecule has 1 atom stereocenters. The zero-order chi connectivity index (χ0) is 25.9. The van der Waals surface area contributed by atoms with Crippen molar-refractivity contribution in [1.82, 2.24) is 25.3 Å². The Kier molecular flexibility index (Phi) is 7.12. The number of aromatic amines is 1. The van der Waals surface area contributed by atoms with E-state index < -0.39 is 5.54 Å². The molecule has 9 nitrogen and oxygen atoms in total. The van der Waals surface area contributed by atoms with E-state index in [4.69, 9.17) is 0 Å². The second-order valence-electron chi connectivity index (χ2n) is 9.65. The van der Waals surface area contributed by atoms with E-state index >= 15 is 0 Å². The normalized spacial score (nSPS) is 14.8. The van der Waals surface area contributed by atoms with E-state index in [1.165, 1.54) is 6.08 Å². The molecule has 1 aliphatic rings. The quantitative estimate of drug-likeness (QED) is 0.354. The summed E-state index contributed by atoms with van der Waals surface area (Å²) in [7, 11) is 3.99. The molecule has 2 heterocycles. The number of hydrogen-bond acceptors (Lipinski definition) is 5. The van der Waals surface area contributed by atoms with Crippen molar-refractivity contribution in [2.24, 2.45) is 0 Å². The molecule has 4 rings (SSSR count). The number of fused-ring (bicyclic) bond motifs is 1. The van der Waals surface area contributed by atoms with Crippen molar-refractivity contribution in [2.75, 3.05) is 31.3 Å². The first-order chi connectivity index (χ1) is 17.2. The lowest BCUT2D eigenvalue weighted by Crippen LogP contribution is -2.48. The highest BCUT2D eigenvalue weighted by Crippen LogP contribution is 2.41. The summed E-state index contributed by atoms with van der Waals surface area (Å²) in [4.78, 5) is 29.1. The summed E-state index contributed by atoms with van der Waals surface area (Å²) < 4.78 is 0. The molecule has 188 valence electrons. The van der Waals surface area contributed by atoms with Gasteiger partial charge in [0.15, 0.2) is 5.82 Å². The molecule has 4 N–H and O–H groups in total. The van der Waals surface area contributed by atoms with Gasteiger partial charge >= 0.3 is 6.03 Å². The van der Waals surface area contributed by atoms with Gasteiger partial charge in [0.2, 0.25) is 5.91 Å². The Hall–Kier alpha value is -4.11. The number of amides is 3. The smallest absolute Gasteiger partial charge is 0.319 e. The van der Waals surface area contributed by atoms with Gasteiger partial charge in [-0.25, -0.2) is 4.79 Å². The standard InChI is InChI=1S/C27H33N7O2/c1-6-23(35)28-19-13-10-14-20(15-19)29-25-21-16-34(27(2,3)24(21)31-32-25)26(36)30-22(17-33(4)5)18-11-8-7-9-12-18/h6-15,22H,1,16-17H2,2-5H3,(H,28,35)(H,30,36)(H2,29,31,32). The van der Waals surface area contributed by atoms with E-state index in [-0.39, 0.29) is 18.0 Å². The predicted molar refractivity (Wildman–Crippen MR) is 142 cm³/mol. The largest absolute Gasteiger partial charge is 0.338 e. The minimum atomic E-state index is -0.578. The van der Waals surface area contributed by atoms with Crippen LogP contribution in [-0.2, 0) is 16.9 Å². The molecule has 1 aromatic heterocycles. The van der Waals surface area contributed by atoms with Crippen LogP contribution in [0.15, 0.2) is 67.3 Å². The number of nitrogens with zero attached hydrogens (tertiary/aromatic N) is 3. The number of carbonyl (C=O) groups is 2. The lowest BCUT2D eigenvalue weighted by Gasteiger charge is -2.34.